The van der Waals surface area contributed by atoms with E-state index >= 15 is 0 Å². The molecular weight excluding hydrogens is 194 g/mol. The van der Waals surface area contributed by atoms with Crippen LogP contribution in [0.4, 0.5) is 0 Å². The monoisotopic (exact) mass is 209 g/mol. The fourth-order valence-corrected chi connectivity index (χ4v) is 1.38. The number of carbonyl (C=O) groups is 2. The molecule has 5 heteroatoms. The SMILES string of the molecule is C#CCNC(=O)CC(=O)N1CCNCC1. The minimum Gasteiger partial charge on any atom is -0.345 e. The van der Waals surface area contributed by atoms with Gasteiger partial charge in [-0.15, -0.1) is 6.42 Å². The maximum atomic E-state index is 11.6. The first-order valence-corrected chi connectivity index (χ1v) is 4.92. The Labute approximate surface area is 89.2 Å². The molecule has 2 N–H and O–H groups in total. The molecule has 0 bridgehead atoms. The van der Waals surface area contributed by atoms with E-state index in [1.54, 1.807) is 4.90 Å². The summed E-state index contributed by atoms with van der Waals surface area (Å²) in [5.41, 5.74) is 0. The molecule has 82 valence electrons. The Hall–Kier alpha value is -1.54. The van der Waals surface area contributed by atoms with Gasteiger partial charge in [-0.05, 0) is 0 Å². The van der Waals surface area contributed by atoms with Crippen molar-refractivity contribution in [3.63, 3.8) is 0 Å². The predicted octanol–water partition coefficient (Wildman–Crippen LogP) is -1.44. The molecule has 0 aromatic carbocycles. The summed E-state index contributed by atoms with van der Waals surface area (Å²) in [5, 5.41) is 5.60. The number of terminal acetylenes is 1. The number of nitrogens with zero attached hydrogens (tertiary/aromatic N) is 1. The van der Waals surface area contributed by atoms with E-state index in [4.69, 9.17) is 6.42 Å². The highest BCUT2D eigenvalue weighted by atomic mass is 16.2. The molecule has 0 unspecified atom stereocenters. The van der Waals surface area contributed by atoms with E-state index in [1.807, 2.05) is 0 Å². The van der Waals surface area contributed by atoms with Crippen molar-refractivity contribution in [1.29, 1.82) is 0 Å². The van der Waals surface area contributed by atoms with Gasteiger partial charge in [-0.25, -0.2) is 0 Å². The van der Waals surface area contributed by atoms with E-state index in [9.17, 15) is 9.59 Å². The Bertz CT molecular complexity index is 277. The maximum absolute atomic E-state index is 11.6. The molecule has 0 spiro atoms. The third kappa shape index (κ3) is 4.00. The quantitative estimate of drug-likeness (QED) is 0.442. The molecule has 2 amide bonds. The van der Waals surface area contributed by atoms with Gasteiger partial charge in [0, 0.05) is 26.2 Å². The smallest absolute Gasteiger partial charge is 0.232 e. The Morgan fingerprint density at radius 2 is 2.07 bits per heavy atom. The van der Waals surface area contributed by atoms with Crippen LogP contribution in [0.15, 0.2) is 0 Å². The van der Waals surface area contributed by atoms with Crippen LogP contribution in [0.25, 0.3) is 0 Å². The van der Waals surface area contributed by atoms with Crippen LogP contribution in [0.5, 0.6) is 0 Å². The molecule has 1 rings (SSSR count). The average molecular weight is 209 g/mol. The number of amides is 2. The van der Waals surface area contributed by atoms with Gasteiger partial charge in [0.1, 0.15) is 6.42 Å². The minimum absolute atomic E-state index is 0.109. The van der Waals surface area contributed by atoms with Gasteiger partial charge >= 0.3 is 0 Å². The zero-order chi connectivity index (χ0) is 11.1. The second-order valence-electron chi connectivity index (χ2n) is 3.29. The van der Waals surface area contributed by atoms with Crippen LogP contribution in [0.3, 0.4) is 0 Å². The van der Waals surface area contributed by atoms with E-state index in [-0.39, 0.29) is 24.8 Å². The Kier molecular flexibility index (Phi) is 4.64. The highest BCUT2D eigenvalue weighted by Crippen LogP contribution is 1.96. The fraction of sp³-hybridized carbons (Fsp3) is 0.600. The largest absolute Gasteiger partial charge is 0.345 e. The fourth-order valence-electron chi connectivity index (χ4n) is 1.38. The minimum atomic E-state index is -0.309. The highest BCUT2D eigenvalue weighted by molar-refractivity contribution is 5.97. The number of hydrogen-bond donors (Lipinski definition) is 2. The van der Waals surface area contributed by atoms with Crippen LogP contribution in [0, 0.1) is 12.3 Å². The summed E-state index contributed by atoms with van der Waals surface area (Å²) in [6.45, 7) is 3.09. The summed E-state index contributed by atoms with van der Waals surface area (Å²) in [7, 11) is 0. The zero-order valence-corrected chi connectivity index (χ0v) is 8.58. The lowest BCUT2D eigenvalue weighted by molar-refractivity contribution is -0.136. The van der Waals surface area contributed by atoms with Crippen molar-refractivity contribution in [2.75, 3.05) is 32.7 Å². The number of carbonyl (C=O) groups excluding carboxylic acids is 2. The van der Waals surface area contributed by atoms with Gasteiger partial charge in [0.25, 0.3) is 0 Å². The highest BCUT2D eigenvalue weighted by Gasteiger charge is 2.18. The van der Waals surface area contributed by atoms with E-state index in [0.717, 1.165) is 13.1 Å². The van der Waals surface area contributed by atoms with Crippen molar-refractivity contribution in [2.45, 2.75) is 6.42 Å². The van der Waals surface area contributed by atoms with E-state index in [0.29, 0.717) is 13.1 Å². The van der Waals surface area contributed by atoms with Gasteiger partial charge in [-0.1, -0.05) is 5.92 Å². The topological polar surface area (TPSA) is 61.4 Å². The molecule has 1 heterocycles. The summed E-state index contributed by atoms with van der Waals surface area (Å²) in [5.74, 6) is 1.84. The first kappa shape index (κ1) is 11.5. The number of rotatable bonds is 3. The molecule has 1 fully saturated rings. The molecule has 1 saturated heterocycles. The van der Waals surface area contributed by atoms with Crippen molar-refractivity contribution in [2.24, 2.45) is 0 Å². The molecule has 0 saturated carbocycles. The van der Waals surface area contributed by atoms with Crippen molar-refractivity contribution in [3.8, 4) is 12.3 Å². The average Bonchev–Trinajstić information content (AvgIpc) is 2.27. The molecule has 0 aromatic rings. The van der Waals surface area contributed by atoms with Gasteiger partial charge < -0.3 is 15.5 Å². The van der Waals surface area contributed by atoms with Gasteiger partial charge in [-0.2, -0.15) is 0 Å². The first-order valence-electron chi connectivity index (χ1n) is 4.92. The Morgan fingerprint density at radius 3 is 2.67 bits per heavy atom. The molecule has 15 heavy (non-hydrogen) atoms. The molecule has 1 aliphatic heterocycles. The summed E-state index contributed by atoms with van der Waals surface area (Å²) < 4.78 is 0. The van der Waals surface area contributed by atoms with Gasteiger partial charge in [0.05, 0.1) is 6.54 Å². The molecule has 0 radical (unpaired) electrons. The van der Waals surface area contributed by atoms with Crippen LogP contribution >= 0.6 is 0 Å². The molecule has 1 aliphatic rings. The van der Waals surface area contributed by atoms with Crippen LogP contribution in [-0.4, -0.2) is 49.4 Å². The molecule has 0 atom stereocenters. The lowest BCUT2D eigenvalue weighted by atomic mass is 10.3. The second kappa shape index (κ2) is 6.04. The van der Waals surface area contributed by atoms with E-state index < -0.39 is 0 Å². The van der Waals surface area contributed by atoms with E-state index in [1.165, 1.54) is 0 Å². The summed E-state index contributed by atoms with van der Waals surface area (Å²) in [6.07, 6.45) is 4.87. The molecule has 5 nitrogen and oxygen atoms in total. The molecule has 0 aromatic heterocycles. The maximum Gasteiger partial charge on any atom is 0.232 e. The van der Waals surface area contributed by atoms with E-state index in [2.05, 4.69) is 16.6 Å². The van der Waals surface area contributed by atoms with Crippen molar-refractivity contribution in [1.82, 2.24) is 15.5 Å². The molecule has 0 aliphatic carbocycles. The number of hydrogen-bond acceptors (Lipinski definition) is 3. The van der Waals surface area contributed by atoms with Gasteiger partial charge in [0.15, 0.2) is 0 Å². The number of nitrogens with one attached hydrogen (secondary N) is 2. The van der Waals surface area contributed by atoms with Crippen molar-refractivity contribution < 1.29 is 9.59 Å². The third-order valence-corrected chi connectivity index (χ3v) is 2.17. The standard InChI is InChI=1S/C10H15N3O2/c1-2-3-12-9(14)8-10(15)13-6-4-11-5-7-13/h1,11H,3-8H2,(H,12,14). The summed E-state index contributed by atoms with van der Waals surface area (Å²) in [6, 6.07) is 0. The second-order valence-corrected chi connectivity index (χ2v) is 3.29. The first-order chi connectivity index (χ1) is 7.24. The van der Waals surface area contributed by atoms with Crippen molar-refractivity contribution >= 4 is 11.8 Å². The van der Waals surface area contributed by atoms with Crippen molar-refractivity contribution in [3.05, 3.63) is 0 Å². The normalized spacial score (nSPS) is 15.5. The van der Waals surface area contributed by atoms with Gasteiger partial charge in [-0.3, -0.25) is 9.59 Å². The number of piperazine rings is 1. The lowest BCUT2D eigenvalue weighted by Crippen LogP contribution is -2.47. The lowest BCUT2D eigenvalue weighted by Gasteiger charge is -2.27. The van der Waals surface area contributed by atoms with Crippen LogP contribution in [0.1, 0.15) is 6.42 Å². The summed E-state index contributed by atoms with van der Waals surface area (Å²) >= 11 is 0. The predicted molar refractivity (Wildman–Crippen MR) is 55.9 cm³/mol. The van der Waals surface area contributed by atoms with Crippen LogP contribution < -0.4 is 10.6 Å². The summed E-state index contributed by atoms with van der Waals surface area (Å²) in [4.78, 5) is 24.4. The zero-order valence-electron chi connectivity index (χ0n) is 8.58. The van der Waals surface area contributed by atoms with Crippen LogP contribution in [-0.2, 0) is 9.59 Å². The Balaban J connectivity index is 2.28. The van der Waals surface area contributed by atoms with Crippen LogP contribution in [0.2, 0.25) is 0 Å². The molecular formula is C10H15N3O2. The Morgan fingerprint density at radius 1 is 1.40 bits per heavy atom. The third-order valence-electron chi connectivity index (χ3n) is 2.17. The van der Waals surface area contributed by atoms with Gasteiger partial charge in [0.2, 0.25) is 11.8 Å².